The molecule has 0 radical (unpaired) electrons. The first-order valence-electron chi connectivity index (χ1n) is 6.02. The van der Waals surface area contributed by atoms with Crippen molar-refractivity contribution < 1.29 is 17.2 Å². The maximum Gasteiger partial charge on any atom is 0.244 e. The summed E-state index contributed by atoms with van der Waals surface area (Å²) in [6, 6.07) is 1.39. The molecule has 21 heavy (non-hydrogen) atoms. The number of rotatable bonds is 5. The van der Waals surface area contributed by atoms with E-state index in [0.29, 0.717) is 6.07 Å². The summed E-state index contributed by atoms with van der Waals surface area (Å²) in [5, 5.41) is 0.0156. The smallest absolute Gasteiger partial charge is 0.244 e. The molecule has 1 aromatic carbocycles. The predicted octanol–water partition coefficient (Wildman–Crippen LogP) is 1.30. The van der Waals surface area contributed by atoms with Crippen LogP contribution in [-0.4, -0.2) is 33.0 Å². The van der Waals surface area contributed by atoms with E-state index in [4.69, 9.17) is 5.73 Å². The van der Waals surface area contributed by atoms with Gasteiger partial charge in [0.05, 0.1) is 12.1 Å². The molecule has 1 atom stereocenters. The Hall–Kier alpha value is -1.14. The molecule has 1 unspecified atom stereocenters. The van der Waals surface area contributed by atoms with Gasteiger partial charge in [0.15, 0.2) is 0 Å². The van der Waals surface area contributed by atoms with Crippen molar-refractivity contribution >= 4 is 21.8 Å². The monoisotopic (exact) mass is 334 g/mol. The van der Waals surface area contributed by atoms with E-state index in [1.165, 1.54) is 11.8 Å². The van der Waals surface area contributed by atoms with Crippen LogP contribution in [0.15, 0.2) is 17.0 Å². The van der Waals surface area contributed by atoms with E-state index in [0.717, 1.165) is 6.07 Å². The first-order valence-corrected chi connectivity index (χ1v) is 8.79. The number of benzene rings is 1. The number of nitrogens with two attached hydrogens (primary N) is 1. The molecule has 8 heteroatoms. The van der Waals surface area contributed by atoms with Crippen molar-refractivity contribution in [3.63, 3.8) is 0 Å². The zero-order chi connectivity index (χ0) is 16.0. The van der Waals surface area contributed by atoms with Crippen molar-refractivity contribution in [2.45, 2.75) is 17.1 Å². The summed E-state index contributed by atoms with van der Waals surface area (Å²) in [5.41, 5.74) is 4.95. The average Bonchev–Trinajstić information content (AvgIpc) is 2.41. The quantitative estimate of drug-likeness (QED) is 0.797. The van der Waals surface area contributed by atoms with E-state index in [-0.39, 0.29) is 23.9 Å². The van der Waals surface area contributed by atoms with Crippen molar-refractivity contribution in [3.05, 3.63) is 29.3 Å². The van der Waals surface area contributed by atoms with Crippen LogP contribution in [0, 0.1) is 23.5 Å². The van der Waals surface area contributed by atoms with Gasteiger partial charge in [-0.15, -0.1) is 0 Å². The van der Waals surface area contributed by atoms with Crippen LogP contribution < -0.4 is 10.5 Å². The lowest BCUT2D eigenvalue weighted by Gasteiger charge is -2.12. The minimum Gasteiger partial charge on any atom is -0.320 e. The lowest BCUT2D eigenvalue weighted by molar-refractivity contribution is 0.542. The van der Waals surface area contributed by atoms with Gasteiger partial charge >= 0.3 is 0 Å². The standard InChI is InChI=1S/C13H16F2N2O2S2/c1-9(20-2)8-17-21(18,19)13-10(4-3-5-16)6-11(14)7-12(13)15/h6-7,9,17H,5,8,16H2,1-2H3. The molecule has 1 aromatic rings. The summed E-state index contributed by atoms with van der Waals surface area (Å²) in [7, 11) is -4.12. The SMILES string of the molecule is CSC(C)CNS(=O)(=O)c1c(F)cc(F)cc1C#CCN. The molecular weight excluding hydrogens is 318 g/mol. The van der Waals surface area contributed by atoms with Crippen LogP contribution in [0.5, 0.6) is 0 Å². The van der Waals surface area contributed by atoms with Gasteiger partial charge in [-0.3, -0.25) is 0 Å². The number of hydrogen-bond donors (Lipinski definition) is 2. The Morgan fingerprint density at radius 2 is 2.10 bits per heavy atom. The number of sulfonamides is 1. The van der Waals surface area contributed by atoms with Crippen LogP contribution in [0.3, 0.4) is 0 Å². The second kappa shape index (κ2) is 7.75. The first-order chi connectivity index (χ1) is 9.81. The highest BCUT2D eigenvalue weighted by Gasteiger charge is 2.24. The van der Waals surface area contributed by atoms with E-state index < -0.39 is 26.6 Å². The molecule has 0 aliphatic carbocycles. The predicted molar refractivity (Wildman–Crippen MR) is 80.5 cm³/mol. The summed E-state index contributed by atoms with van der Waals surface area (Å²) < 4.78 is 53.8. The lowest BCUT2D eigenvalue weighted by Crippen LogP contribution is -2.30. The fourth-order valence-corrected chi connectivity index (χ4v) is 3.14. The third-order valence-corrected chi connectivity index (χ3v) is 5.04. The first kappa shape index (κ1) is 17.9. The Labute approximate surface area is 127 Å². The fraction of sp³-hybridized carbons (Fsp3) is 0.385. The van der Waals surface area contributed by atoms with Crippen molar-refractivity contribution in [2.75, 3.05) is 19.3 Å². The normalized spacial score (nSPS) is 12.6. The molecule has 0 saturated carbocycles. The second-order valence-electron chi connectivity index (χ2n) is 4.17. The molecule has 4 nitrogen and oxygen atoms in total. The Bertz CT molecular complexity index is 667. The summed E-state index contributed by atoms with van der Waals surface area (Å²) >= 11 is 1.46. The molecule has 0 aromatic heterocycles. The van der Waals surface area contributed by atoms with Gasteiger partial charge in [-0.05, 0) is 12.3 Å². The van der Waals surface area contributed by atoms with E-state index >= 15 is 0 Å². The Balaban J connectivity index is 3.27. The second-order valence-corrected chi connectivity index (χ2v) is 7.15. The van der Waals surface area contributed by atoms with Gasteiger partial charge in [0.2, 0.25) is 10.0 Å². The third kappa shape index (κ3) is 4.97. The van der Waals surface area contributed by atoms with Gasteiger partial charge in [-0.1, -0.05) is 18.8 Å². The number of halogens is 2. The number of hydrogen-bond acceptors (Lipinski definition) is 4. The van der Waals surface area contributed by atoms with E-state index in [1.54, 1.807) is 0 Å². The summed E-state index contributed by atoms with van der Waals surface area (Å²) in [6.45, 7) is 1.90. The van der Waals surface area contributed by atoms with Gasteiger partial charge in [0, 0.05) is 17.9 Å². The Kier molecular flexibility index (Phi) is 6.61. The third-order valence-electron chi connectivity index (χ3n) is 2.57. The molecule has 1 rings (SSSR count). The van der Waals surface area contributed by atoms with Crippen LogP contribution in [0.4, 0.5) is 8.78 Å². The molecule has 0 aliphatic heterocycles. The molecule has 0 spiro atoms. The highest BCUT2D eigenvalue weighted by molar-refractivity contribution is 7.99. The fourth-order valence-electron chi connectivity index (χ4n) is 1.46. The Morgan fingerprint density at radius 3 is 2.67 bits per heavy atom. The van der Waals surface area contributed by atoms with Crippen LogP contribution >= 0.6 is 11.8 Å². The van der Waals surface area contributed by atoms with Gasteiger partial charge in [0.1, 0.15) is 16.5 Å². The van der Waals surface area contributed by atoms with Gasteiger partial charge in [-0.2, -0.15) is 11.8 Å². The van der Waals surface area contributed by atoms with Crippen molar-refractivity contribution in [2.24, 2.45) is 5.73 Å². The number of thioether (sulfide) groups is 1. The number of nitrogens with one attached hydrogen (secondary N) is 1. The molecule has 0 heterocycles. The molecule has 0 saturated heterocycles. The zero-order valence-corrected chi connectivity index (χ0v) is 13.2. The Morgan fingerprint density at radius 1 is 1.43 bits per heavy atom. The van der Waals surface area contributed by atoms with Crippen LogP contribution in [0.2, 0.25) is 0 Å². The zero-order valence-electron chi connectivity index (χ0n) is 11.6. The molecule has 0 amide bonds. The topological polar surface area (TPSA) is 72.2 Å². The summed E-state index contributed by atoms with van der Waals surface area (Å²) in [4.78, 5) is -0.654. The van der Waals surface area contributed by atoms with Crippen molar-refractivity contribution in [3.8, 4) is 11.8 Å². The van der Waals surface area contributed by atoms with E-state index in [9.17, 15) is 17.2 Å². The van der Waals surface area contributed by atoms with Crippen LogP contribution in [-0.2, 0) is 10.0 Å². The molecule has 0 bridgehead atoms. The minimum absolute atomic E-state index is 0.0156. The summed E-state index contributed by atoms with van der Waals surface area (Å²) in [5.74, 6) is 2.70. The largest absolute Gasteiger partial charge is 0.320 e. The van der Waals surface area contributed by atoms with E-state index in [1.807, 2.05) is 13.2 Å². The highest BCUT2D eigenvalue weighted by atomic mass is 32.2. The molecular formula is C13H16F2N2O2S2. The lowest BCUT2D eigenvalue weighted by atomic mass is 10.2. The molecule has 3 N–H and O–H groups in total. The van der Waals surface area contributed by atoms with Crippen LogP contribution in [0.25, 0.3) is 0 Å². The molecule has 116 valence electrons. The molecule has 0 aliphatic rings. The van der Waals surface area contributed by atoms with Crippen molar-refractivity contribution in [1.82, 2.24) is 4.72 Å². The minimum atomic E-state index is -4.12. The average molecular weight is 334 g/mol. The van der Waals surface area contributed by atoms with E-state index in [2.05, 4.69) is 16.6 Å². The highest BCUT2D eigenvalue weighted by Crippen LogP contribution is 2.21. The van der Waals surface area contributed by atoms with Gasteiger partial charge in [-0.25, -0.2) is 21.9 Å². The summed E-state index contributed by atoms with van der Waals surface area (Å²) in [6.07, 6.45) is 1.83. The maximum atomic E-state index is 13.9. The van der Waals surface area contributed by atoms with Crippen LogP contribution in [0.1, 0.15) is 12.5 Å². The molecule has 0 fully saturated rings. The van der Waals surface area contributed by atoms with Crippen molar-refractivity contribution in [1.29, 1.82) is 0 Å². The maximum absolute atomic E-state index is 13.9. The van der Waals surface area contributed by atoms with Gasteiger partial charge < -0.3 is 5.73 Å². The van der Waals surface area contributed by atoms with Gasteiger partial charge in [0.25, 0.3) is 0 Å².